The van der Waals surface area contributed by atoms with Gasteiger partial charge in [0.15, 0.2) is 0 Å². The van der Waals surface area contributed by atoms with Crippen molar-refractivity contribution in [3.05, 3.63) is 18.3 Å². The molecule has 0 saturated heterocycles. The number of pyridine rings is 1. The monoisotopic (exact) mass is 223 g/mol. The van der Waals surface area contributed by atoms with Gasteiger partial charge in [-0.05, 0) is 18.9 Å². The molecule has 3 heteroatoms. The first kappa shape index (κ1) is 12.8. The molecule has 0 radical (unpaired) electrons. The molecule has 3 nitrogen and oxygen atoms in total. The molecule has 0 amide bonds. The van der Waals surface area contributed by atoms with Gasteiger partial charge in [-0.1, -0.05) is 26.7 Å². The minimum atomic E-state index is 0.677. The maximum absolute atomic E-state index is 5.51. The number of hydrogen-bond donors (Lipinski definition) is 0. The highest BCUT2D eigenvalue weighted by Gasteiger charge is 1.97. The van der Waals surface area contributed by atoms with E-state index in [-0.39, 0.29) is 0 Å². The number of nitrogens with zero attached hydrogens (tertiary/aromatic N) is 1. The molecule has 1 heterocycles. The van der Waals surface area contributed by atoms with Crippen LogP contribution >= 0.6 is 0 Å². The smallest absolute Gasteiger partial charge is 0.213 e. The Bertz CT molecular complexity index is 243. The van der Waals surface area contributed by atoms with Crippen LogP contribution in [0, 0.1) is 0 Å². The van der Waals surface area contributed by atoms with Crippen molar-refractivity contribution >= 4 is 0 Å². The van der Waals surface area contributed by atoms with Crippen LogP contribution in [0.4, 0.5) is 0 Å². The lowest BCUT2D eigenvalue weighted by Gasteiger charge is -2.06. The molecule has 1 aromatic rings. The predicted octanol–water partition coefficient (Wildman–Crippen LogP) is 3.44. The van der Waals surface area contributed by atoms with Crippen LogP contribution < -0.4 is 9.47 Å². The Labute approximate surface area is 97.8 Å². The molecule has 0 spiro atoms. The van der Waals surface area contributed by atoms with E-state index in [9.17, 15) is 0 Å². The zero-order valence-electron chi connectivity index (χ0n) is 10.2. The first-order valence-electron chi connectivity index (χ1n) is 6.08. The lowest BCUT2D eigenvalue weighted by Crippen LogP contribution is -2.00. The van der Waals surface area contributed by atoms with Gasteiger partial charge in [0.25, 0.3) is 0 Å². The van der Waals surface area contributed by atoms with Crippen molar-refractivity contribution in [2.24, 2.45) is 0 Å². The Kier molecular flexibility index (Phi) is 6.38. The lowest BCUT2D eigenvalue weighted by molar-refractivity contribution is 0.290. The van der Waals surface area contributed by atoms with Gasteiger partial charge in [0.2, 0.25) is 5.88 Å². The van der Waals surface area contributed by atoms with Gasteiger partial charge >= 0.3 is 0 Å². The highest BCUT2D eigenvalue weighted by Crippen LogP contribution is 2.14. The van der Waals surface area contributed by atoms with Gasteiger partial charge in [0.1, 0.15) is 5.75 Å². The molecule has 16 heavy (non-hydrogen) atoms. The van der Waals surface area contributed by atoms with Gasteiger partial charge in [-0.15, -0.1) is 0 Å². The van der Waals surface area contributed by atoms with Crippen molar-refractivity contribution < 1.29 is 9.47 Å². The van der Waals surface area contributed by atoms with Crippen LogP contribution in [0.25, 0.3) is 0 Å². The van der Waals surface area contributed by atoms with E-state index in [0.717, 1.165) is 44.6 Å². The molecular formula is C13H21NO2. The quantitative estimate of drug-likeness (QED) is 0.633. The van der Waals surface area contributed by atoms with Crippen molar-refractivity contribution in [3.63, 3.8) is 0 Å². The first-order valence-corrected chi connectivity index (χ1v) is 6.08. The van der Waals surface area contributed by atoms with Gasteiger partial charge in [0, 0.05) is 6.07 Å². The maximum Gasteiger partial charge on any atom is 0.213 e. The Morgan fingerprint density at radius 2 is 1.69 bits per heavy atom. The van der Waals surface area contributed by atoms with E-state index in [2.05, 4.69) is 18.8 Å². The molecule has 0 N–H and O–H groups in total. The third kappa shape index (κ3) is 5.01. The second-order valence-corrected chi connectivity index (χ2v) is 3.74. The molecule has 0 aliphatic carbocycles. The molecule has 0 saturated carbocycles. The van der Waals surface area contributed by atoms with Gasteiger partial charge in [-0.3, -0.25) is 0 Å². The largest absolute Gasteiger partial charge is 0.492 e. The number of rotatable bonds is 8. The van der Waals surface area contributed by atoms with Crippen LogP contribution in [0.2, 0.25) is 0 Å². The van der Waals surface area contributed by atoms with Gasteiger partial charge in [-0.25, -0.2) is 4.98 Å². The van der Waals surface area contributed by atoms with E-state index in [4.69, 9.17) is 9.47 Å². The van der Waals surface area contributed by atoms with Crippen molar-refractivity contribution in [2.75, 3.05) is 13.2 Å². The SMILES string of the molecule is CCCCOc1ccc(OCCCC)nc1. The van der Waals surface area contributed by atoms with Crippen molar-refractivity contribution in [2.45, 2.75) is 39.5 Å². The molecule has 90 valence electrons. The fraction of sp³-hybridized carbons (Fsp3) is 0.615. The van der Waals surface area contributed by atoms with Gasteiger partial charge < -0.3 is 9.47 Å². The number of unbranched alkanes of at least 4 members (excludes halogenated alkanes) is 2. The Hall–Kier alpha value is -1.25. The summed E-state index contributed by atoms with van der Waals surface area (Å²) in [6, 6.07) is 3.76. The summed E-state index contributed by atoms with van der Waals surface area (Å²) in [4.78, 5) is 4.18. The minimum Gasteiger partial charge on any atom is -0.492 e. The summed E-state index contributed by atoms with van der Waals surface area (Å²) >= 11 is 0. The molecule has 0 unspecified atom stereocenters. The van der Waals surface area contributed by atoms with Crippen LogP contribution in [0.15, 0.2) is 18.3 Å². The molecule has 0 bridgehead atoms. The molecule has 0 atom stereocenters. The zero-order chi connectivity index (χ0) is 11.6. The second-order valence-electron chi connectivity index (χ2n) is 3.74. The van der Waals surface area contributed by atoms with Gasteiger partial charge in [-0.2, -0.15) is 0 Å². The van der Waals surface area contributed by atoms with Crippen molar-refractivity contribution in [3.8, 4) is 11.6 Å². The van der Waals surface area contributed by atoms with Crippen LogP contribution in [-0.2, 0) is 0 Å². The highest BCUT2D eigenvalue weighted by molar-refractivity contribution is 5.22. The average Bonchev–Trinajstić information content (AvgIpc) is 2.32. The van der Waals surface area contributed by atoms with Crippen LogP contribution in [0.1, 0.15) is 39.5 Å². The van der Waals surface area contributed by atoms with Gasteiger partial charge in [0.05, 0.1) is 19.4 Å². The Morgan fingerprint density at radius 1 is 1.00 bits per heavy atom. The Balaban J connectivity index is 2.30. The molecule has 0 aliphatic rings. The summed E-state index contributed by atoms with van der Waals surface area (Å²) in [6.45, 7) is 5.78. The fourth-order valence-corrected chi connectivity index (χ4v) is 1.19. The van der Waals surface area contributed by atoms with E-state index in [1.165, 1.54) is 0 Å². The summed E-state index contributed by atoms with van der Waals surface area (Å²) in [5.74, 6) is 1.49. The van der Waals surface area contributed by atoms with Crippen molar-refractivity contribution in [1.29, 1.82) is 0 Å². The van der Waals surface area contributed by atoms with E-state index >= 15 is 0 Å². The highest BCUT2D eigenvalue weighted by atomic mass is 16.5. The summed E-state index contributed by atoms with van der Waals surface area (Å²) < 4.78 is 11.0. The molecule has 0 aliphatic heterocycles. The third-order valence-electron chi connectivity index (χ3n) is 2.22. The van der Waals surface area contributed by atoms with E-state index in [1.807, 2.05) is 12.1 Å². The van der Waals surface area contributed by atoms with E-state index < -0.39 is 0 Å². The molecule has 0 aromatic carbocycles. The second kappa shape index (κ2) is 7.97. The van der Waals surface area contributed by atoms with Crippen molar-refractivity contribution in [1.82, 2.24) is 4.98 Å². The number of ether oxygens (including phenoxy) is 2. The summed E-state index contributed by atoms with van der Waals surface area (Å²) in [7, 11) is 0. The standard InChI is InChI=1S/C13H21NO2/c1-3-5-9-15-12-7-8-13(14-11-12)16-10-6-4-2/h7-8,11H,3-6,9-10H2,1-2H3. The maximum atomic E-state index is 5.51. The van der Waals surface area contributed by atoms with Crippen LogP contribution in [0.5, 0.6) is 11.6 Å². The third-order valence-corrected chi connectivity index (χ3v) is 2.22. The minimum absolute atomic E-state index is 0.677. The molecule has 1 aromatic heterocycles. The lowest BCUT2D eigenvalue weighted by atomic mass is 10.3. The number of aromatic nitrogens is 1. The number of hydrogen-bond acceptors (Lipinski definition) is 3. The summed E-state index contributed by atoms with van der Waals surface area (Å²) in [6.07, 6.45) is 6.14. The van der Waals surface area contributed by atoms with E-state index in [0.29, 0.717) is 5.88 Å². The first-order chi connectivity index (χ1) is 7.86. The Morgan fingerprint density at radius 3 is 2.25 bits per heavy atom. The van der Waals surface area contributed by atoms with E-state index in [1.54, 1.807) is 6.20 Å². The fourth-order valence-electron chi connectivity index (χ4n) is 1.19. The molecule has 1 rings (SSSR count). The van der Waals surface area contributed by atoms with Crippen LogP contribution in [0.3, 0.4) is 0 Å². The zero-order valence-corrected chi connectivity index (χ0v) is 10.2. The van der Waals surface area contributed by atoms with Crippen LogP contribution in [-0.4, -0.2) is 18.2 Å². The topological polar surface area (TPSA) is 31.4 Å². The molecular weight excluding hydrogens is 202 g/mol. The predicted molar refractivity (Wildman–Crippen MR) is 65.0 cm³/mol. The average molecular weight is 223 g/mol. The normalized spacial score (nSPS) is 10.1. The summed E-state index contributed by atoms with van der Waals surface area (Å²) in [5.41, 5.74) is 0. The molecule has 0 fully saturated rings. The summed E-state index contributed by atoms with van der Waals surface area (Å²) in [5, 5.41) is 0.